The van der Waals surface area contributed by atoms with Crippen LogP contribution >= 0.6 is 0 Å². The van der Waals surface area contributed by atoms with Crippen LogP contribution in [0.2, 0.25) is 0 Å². The summed E-state index contributed by atoms with van der Waals surface area (Å²) in [6.07, 6.45) is 6.76. The van der Waals surface area contributed by atoms with E-state index in [4.69, 9.17) is 5.26 Å². The van der Waals surface area contributed by atoms with E-state index in [-0.39, 0.29) is 11.6 Å². The summed E-state index contributed by atoms with van der Waals surface area (Å²) in [5.41, 5.74) is -0.984. The minimum atomic E-state index is -0.595. The van der Waals surface area contributed by atoms with Crippen molar-refractivity contribution < 1.29 is 0 Å². The monoisotopic (exact) mass is 247 g/mol. The SMILES string of the molecule is CCC1CCCCC1n1cc(C#N)c(=O)[nH]c1=O. The van der Waals surface area contributed by atoms with E-state index in [1.54, 1.807) is 4.57 Å². The number of nitrogens with one attached hydrogen (secondary N) is 1. The highest BCUT2D eigenvalue weighted by Gasteiger charge is 2.26. The maximum atomic E-state index is 11.9. The van der Waals surface area contributed by atoms with E-state index in [9.17, 15) is 9.59 Å². The molecule has 0 bridgehead atoms. The predicted molar refractivity (Wildman–Crippen MR) is 67.3 cm³/mol. The van der Waals surface area contributed by atoms with Crippen LogP contribution in [0.3, 0.4) is 0 Å². The number of aromatic nitrogens is 2. The second-order valence-corrected chi connectivity index (χ2v) is 4.84. The van der Waals surface area contributed by atoms with Gasteiger partial charge in [0.1, 0.15) is 11.6 Å². The van der Waals surface area contributed by atoms with Crippen LogP contribution < -0.4 is 11.2 Å². The number of H-pyrrole nitrogens is 1. The van der Waals surface area contributed by atoms with Gasteiger partial charge >= 0.3 is 5.69 Å². The maximum Gasteiger partial charge on any atom is 0.328 e. The van der Waals surface area contributed by atoms with Crippen LogP contribution in [-0.2, 0) is 0 Å². The van der Waals surface area contributed by atoms with E-state index in [0.29, 0.717) is 5.92 Å². The Labute approximate surface area is 105 Å². The second kappa shape index (κ2) is 5.21. The van der Waals surface area contributed by atoms with Gasteiger partial charge < -0.3 is 0 Å². The van der Waals surface area contributed by atoms with Gasteiger partial charge in [0.05, 0.1) is 0 Å². The van der Waals surface area contributed by atoms with Crippen LogP contribution in [0.25, 0.3) is 0 Å². The smallest absolute Gasteiger partial charge is 0.296 e. The van der Waals surface area contributed by atoms with Gasteiger partial charge in [-0.3, -0.25) is 14.3 Å². The summed E-state index contributed by atoms with van der Waals surface area (Å²) in [6, 6.07) is 1.94. The zero-order chi connectivity index (χ0) is 13.1. The molecule has 2 unspecified atom stereocenters. The number of hydrogen-bond acceptors (Lipinski definition) is 3. The molecule has 1 N–H and O–H groups in total. The van der Waals surface area contributed by atoms with Gasteiger partial charge in [-0.2, -0.15) is 5.26 Å². The lowest BCUT2D eigenvalue weighted by Crippen LogP contribution is -2.37. The van der Waals surface area contributed by atoms with Crippen molar-refractivity contribution >= 4 is 0 Å². The lowest BCUT2D eigenvalue weighted by Gasteiger charge is -2.32. The van der Waals surface area contributed by atoms with E-state index in [1.807, 2.05) is 6.07 Å². The van der Waals surface area contributed by atoms with Crippen LogP contribution in [0, 0.1) is 17.2 Å². The topological polar surface area (TPSA) is 78.7 Å². The maximum absolute atomic E-state index is 11.9. The van der Waals surface area contributed by atoms with E-state index >= 15 is 0 Å². The number of rotatable bonds is 2. The molecule has 1 fully saturated rings. The third-order valence-corrected chi connectivity index (χ3v) is 3.84. The number of hydrogen-bond donors (Lipinski definition) is 1. The average molecular weight is 247 g/mol. The van der Waals surface area contributed by atoms with E-state index in [1.165, 1.54) is 12.6 Å². The molecule has 1 heterocycles. The highest BCUT2D eigenvalue weighted by molar-refractivity contribution is 5.22. The molecular weight excluding hydrogens is 230 g/mol. The Balaban J connectivity index is 2.47. The van der Waals surface area contributed by atoms with Crippen molar-refractivity contribution in [1.82, 2.24) is 9.55 Å². The Kier molecular flexibility index (Phi) is 3.66. The lowest BCUT2D eigenvalue weighted by molar-refractivity contribution is 0.226. The standard InChI is InChI=1S/C13H17N3O2/c1-2-9-5-3-4-6-11(9)16-8-10(7-14)12(17)15-13(16)18/h8-9,11H,2-6H2,1H3,(H,15,17,18). The Morgan fingerprint density at radius 3 is 2.83 bits per heavy atom. The van der Waals surface area contributed by atoms with Gasteiger partial charge in [0.2, 0.25) is 0 Å². The lowest BCUT2D eigenvalue weighted by atomic mass is 9.82. The van der Waals surface area contributed by atoms with Crippen LogP contribution in [-0.4, -0.2) is 9.55 Å². The summed E-state index contributed by atoms with van der Waals surface area (Å²) >= 11 is 0. The minimum Gasteiger partial charge on any atom is -0.296 e. The number of aromatic amines is 1. The van der Waals surface area contributed by atoms with E-state index in [0.717, 1.165) is 25.7 Å². The van der Waals surface area contributed by atoms with Gasteiger partial charge in [-0.15, -0.1) is 0 Å². The van der Waals surface area contributed by atoms with Crippen molar-refractivity contribution in [2.45, 2.75) is 45.1 Å². The largest absolute Gasteiger partial charge is 0.328 e. The van der Waals surface area contributed by atoms with Crippen molar-refractivity contribution in [3.63, 3.8) is 0 Å². The van der Waals surface area contributed by atoms with Crippen molar-refractivity contribution in [2.75, 3.05) is 0 Å². The summed E-state index contributed by atoms with van der Waals surface area (Å²) in [7, 11) is 0. The van der Waals surface area contributed by atoms with Gasteiger partial charge in [0.25, 0.3) is 5.56 Å². The molecule has 1 aliphatic carbocycles. The van der Waals surface area contributed by atoms with Gasteiger partial charge in [-0.1, -0.05) is 26.2 Å². The summed E-state index contributed by atoms with van der Waals surface area (Å²) in [5, 5.41) is 8.87. The highest BCUT2D eigenvalue weighted by atomic mass is 16.2. The molecule has 2 rings (SSSR count). The third-order valence-electron chi connectivity index (χ3n) is 3.84. The molecule has 18 heavy (non-hydrogen) atoms. The molecule has 0 aromatic carbocycles. The Morgan fingerprint density at radius 2 is 2.17 bits per heavy atom. The molecule has 1 aromatic rings. The molecule has 5 nitrogen and oxygen atoms in total. The van der Waals surface area contributed by atoms with Gasteiger partial charge in [-0.05, 0) is 18.8 Å². The van der Waals surface area contributed by atoms with Crippen LogP contribution in [0.4, 0.5) is 0 Å². The summed E-state index contributed by atoms with van der Waals surface area (Å²) < 4.78 is 1.55. The average Bonchev–Trinajstić information content (AvgIpc) is 2.39. The molecule has 2 atom stereocenters. The third kappa shape index (κ3) is 2.23. The summed E-state index contributed by atoms with van der Waals surface area (Å²) in [5.74, 6) is 0.453. The fraction of sp³-hybridized carbons (Fsp3) is 0.615. The van der Waals surface area contributed by atoms with Crippen molar-refractivity contribution in [3.05, 3.63) is 32.6 Å². The fourth-order valence-electron chi connectivity index (χ4n) is 2.84. The molecule has 1 aliphatic rings. The quantitative estimate of drug-likeness (QED) is 0.861. The predicted octanol–water partition coefficient (Wildman–Crippen LogP) is 1.55. The first-order valence-electron chi connectivity index (χ1n) is 6.43. The summed E-state index contributed by atoms with van der Waals surface area (Å²) in [6.45, 7) is 2.12. The molecule has 0 radical (unpaired) electrons. The van der Waals surface area contributed by atoms with Crippen molar-refractivity contribution in [1.29, 1.82) is 5.26 Å². The second-order valence-electron chi connectivity index (χ2n) is 4.84. The molecule has 0 aliphatic heterocycles. The van der Waals surface area contributed by atoms with Crippen LogP contribution in [0.1, 0.15) is 50.6 Å². The first-order chi connectivity index (χ1) is 8.67. The van der Waals surface area contributed by atoms with Crippen molar-refractivity contribution in [2.24, 2.45) is 5.92 Å². The Morgan fingerprint density at radius 1 is 1.44 bits per heavy atom. The zero-order valence-corrected chi connectivity index (χ0v) is 10.5. The molecule has 5 heteroatoms. The van der Waals surface area contributed by atoms with Crippen molar-refractivity contribution in [3.8, 4) is 6.07 Å². The Bertz CT molecular complexity index is 579. The molecular formula is C13H17N3O2. The fourth-order valence-corrected chi connectivity index (χ4v) is 2.84. The van der Waals surface area contributed by atoms with Crippen LogP contribution in [0.5, 0.6) is 0 Å². The number of nitrogens with zero attached hydrogens (tertiary/aromatic N) is 2. The van der Waals surface area contributed by atoms with Gasteiger partial charge in [0, 0.05) is 12.2 Å². The first kappa shape index (κ1) is 12.6. The molecule has 0 saturated heterocycles. The van der Waals surface area contributed by atoms with E-state index < -0.39 is 11.2 Å². The minimum absolute atomic E-state index is 0.00928. The first-order valence-corrected chi connectivity index (χ1v) is 6.43. The van der Waals surface area contributed by atoms with E-state index in [2.05, 4.69) is 11.9 Å². The molecule has 96 valence electrons. The van der Waals surface area contributed by atoms with Crippen LogP contribution in [0.15, 0.2) is 15.8 Å². The summed E-state index contributed by atoms with van der Waals surface area (Å²) in [4.78, 5) is 25.5. The Hall–Kier alpha value is -1.83. The molecule has 0 spiro atoms. The molecule has 1 aromatic heterocycles. The molecule has 1 saturated carbocycles. The van der Waals surface area contributed by atoms with Gasteiger partial charge in [0.15, 0.2) is 0 Å². The van der Waals surface area contributed by atoms with Gasteiger partial charge in [-0.25, -0.2) is 4.79 Å². The molecule has 0 amide bonds. The number of nitriles is 1. The zero-order valence-electron chi connectivity index (χ0n) is 10.5. The normalized spacial score (nSPS) is 23.6. The highest BCUT2D eigenvalue weighted by Crippen LogP contribution is 2.34.